The highest BCUT2D eigenvalue weighted by Crippen LogP contribution is 2.27. The van der Waals surface area contributed by atoms with Crippen molar-refractivity contribution < 1.29 is 19.8 Å². The number of nitrogens with one attached hydrogen (secondary N) is 1. The second-order valence-corrected chi connectivity index (χ2v) is 3.90. The van der Waals surface area contributed by atoms with Gasteiger partial charge >= 0.3 is 5.69 Å². The molecule has 0 bridgehead atoms. The van der Waals surface area contributed by atoms with Crippen LogP contribution in [0.1, 0.15) is 6.23 Å². The van der Waals surface area contributed by atoms with E-state index in [-0.39, 0.29) is 5.71 Å². The molecule has 0 radical (unpaired) electrons. The van der Waals surface area contributed by atoms with Crippen molar-refractivity contribution in [1.29, 1.82) is 0 Å². The molecule has 0 spiro atoms. The van der Waals surface area contributed by atoms with E-state index in [2.05, 4.69) is 10.1 Å². The summed E-state index contributed by atoms with van der Waals surface area (Å²) in [5.41, 5.74) is -1.15. The summed E-state index contributed by atoms with van der Waals surface area (Å²) in [6.07, 6.45) is -1.41. The van der Waals surface area contributed by atoms with E-state index < -0.39 is 36.3 Å². The third-order valence-electron chi connectivity index (χ3n) is 2.84. The Morgan fingerprint density at radius 1 is 1.58 bits per heavy atom. The maximum absolute atomic E-state index is 11.7. The molecule has 3 atom stereocenters. The predicted octanol–water partition coefficient (Wildman–Crippen LogP) is -1.73. The first-order valence-corrected chi connectivity index (χ1v) is 5.44. The monoisotopic (exact) mass is 271 g/mol. The third-order valence-corrected chi connectivity index (χ3v) is 2.84. The minimum absolute atomic E-state index is 0.0769. The summed E-state index contributed by atoms with van der Waals surface area (Å²) in [6, 6.07) is 1.15. The smallest absolute Gasteiger partial charge is 0.330 e. The summed E-state index contributed by atoms with van der Waals surface area (Å²) in [6.45, 7) is -0.423. The van der Waals surface area contributed by atoms with Crippen LogP contribution in [0.5, 0.6) is 0 Å². The quantitative estimate of drug-likeness (QED) is 0.443. The summed E-state index contributed by atoms with van der Waals surface area (Å²) in [5.74, 6) is 0. The number of hydrogen-bond acceptors (Lipinski definition) is 7. The van der Waals surface area contributed by atoms with Gasteiger partial charge in [0.25, 0.3) is 5.56 Å². The molecular weight excluding hydrogens is 258 g/mol. The van der Waals surface area contributed by atoms with E-state index in [0.717, 1.165) is 10.6 Å². The lowest BCUT2D eigenvalue weighted by atomic mass is 10.1. The molecule has 19 heavy (non-hydrogen) atoms. The first-order chi connectivity index (χ1) is 9.12. The van der Waals surface area contributed by atoms with Crippen LogP contribution in [0.3, 0.4) is 0 Å². The molecule has 2 heterocycles. The van der Waals surface area contributed by atoms with Crippen molar-refractivity contribution in [1.82, 2.24) is 9.55 Å². The van der Waals surface area contributed by atoms with Crippen molar-refractivity contribution in [3.05, 3.63) is 33.1 Å². The van der Waals surface area contributed by atoms with E-state index in [1.165, 1.54) is 13.3 Å². The van der Waals surface area contributed by atoms with Crippen molar-refractivity contribution in [2.75, 3.05) is 13.7 Å². The molecular formula is C10H13N3O6. The first-order valence-electron chi connectivity index (χ1n) is 5.44. The van der Waals surface area contributed by atoms with Crippen LogP contribution in [0.2, 0.25) is 0 Å². The van der Waals surface area contributed by atoms with Gasteiger partial charge in [0.15, 0.2) is 6.23 Å². The number of aliphatic hydroxyl groups is 1. The number of methoxy groups -OCH3 is 1. The highest BCUT2D eigenvalue weighted by molar-refractivity contribution is 5.94. The standard InChI is InChI=1S/C10H13N3O6/c1-18-8-7(12-17)5(4-14)19-9(8)13-3-2-6(15)11-10(13)16/h2-3,5,8-9,14,17H,4H2,1H3,(H,11,15,16)/b12-7+/t5-,8-,9-/m1/s1. The van der Waals surface area contributed by atoms with Crippen molar-refractivity contribution in [2.24, 2.45) is 5.16 Å². The lowest BCUT2D eigenvalue weighted by Crippen LogP contribution is -2.37. The van der Waals surface area contributed by atoms with Crippen LogP contribution in [-0.4, -0.2) is 51.5 Å². The van der Waals surface area contributed by atoms with E-state index in [0.29, 0.717) is 0 Å². The zero-order valence-corrected chi connectivity index (χ0v) is 10.0. The van der Waals surface area contributed by atoms with E-state index in [1.807, 2.05) is 0 Å². The van der Waals surface area contributed by atoms with Gasteiger partial charge in [-0.25, -0.2) is 4.79 Å². The molecule has 1 saturated heterocycles. The van der Waals surface area contributed by atoms with Gasteiger partial charge in [-0.1, -0.05) is 5.16 Å². The van der Waals surface area contributed by atoms with Crippen molar-refractivity contribution >= 4 is 5.71 Å². The molecule has 2 rings (SSSR count). The number of hydrogen-bond donors (Lipinski definition) is 3. The van der Waals surface area contributed by atoms with E-state index >= 15 is 0 Å². The molecule has 1 aliphatic rings. The molecule has 1 aromatic rings. The van der Waals surface area contributed by atoms with Gasteiger partial charge in [0.2, 0.25) is 0 Å². The molecule has 104 valence electrons. The van der Waals surface area contributed by atoms with E-state index in [1.54, 1.807) is 0 Å². The Kier molecular flexibility index (Phi) is 3.79. The van der Waals surface area contributed by atoms with Crippen LogP contribution in [0.4, 0.5) is 0 Å². The molecule has 1 fully saturated rings. The molecule has 0 aromatic carbocycles. The highest BCUT2D eigenvalue weighted by atomic mass is 16.6. The fourth-order valence-corrected chi connectivity index (χ4v) is 1.97. The number of aliphatic hydroxyl groups excluding tert-OH is 1. The van der Waals surface area contributed by atoms with Gasteiger partial charge in [-0.3, -0.25) is 14.3 Å². The Bertz CT molecular complexity index is 591. The second kappa shape index (κ2) is 5.34. The van der Waals surface area contributed by atoms with Gasteiger partial charge in [0.1, 0.15) is 17.9 Å². The molecule has 0 saturated carbocycles. The third kappa shape index (κ3) is 2.30. The molecule has 3 N–H and O–H groups in total. The predicted molar refractivity (Wildman–Crippen MR) is 62.3 cm³/mol. The molecule has 1 aliphatic heterocycles. The van der Waals surface area contributed by atoms with Crippen LogP contribution >= 0.6 is 0 Å². The SMILES string of the molecule is CO[C@@H]1/C(=N/O)[C@@H](CO)O[C@H]1n1ccc(=O)[nH]c1=O. The fourth-order valence-electron chi connectivity index (χ4n) is 1.97. The molecule has 9 nitrogen and oxygen atoms in total. The van der Waals surface area contributed by atoms with Crippen LogP contribution in [0, 0.1) is 0 Å². The molecule has 9 heteroatoms. The highest BCUT2D eigenvalue weighted by Gasteiger charge is 2.43. The Balaban J connectivity index is 2.44. The largest absolute Gasteiger partial charge is 0.411 e. The number of rotatable bonds is 3. The number of ether oxygens (including phenoxy) is 2. The van der Waals surface area contributed by atoms with Gasteiger partial charge < -0.3 is 19.8 Å². The van der Waals surface area contributed by atoms with Crippen molar-refractivity contribution in [3.8, 4) is 0 Å². The summed E-state index contributed by atoms with van der Waals surface area (Å²) < 4.78 is 11.6. The average molecular weight is 271 g/mol. The average Bonchev–Trinajstić information content (AvgIpc) is 2.76. The lowest BCUT2D eigenvalue weighted by molar-refractivity contribution is -0.0625. The number of aromatic amines is 1. The van der Waals surface area contributed by atoms with Crippen LogP contribution in [0.25, 0.3) is 0 Å². The first kappa shape index (κ1) is 13.5. The number of nitrogens with zero attached hydrogens (tertiary/aromatic N) is 2. The summed E-state index contributed by atoms with van der Waals surface area (Å²) >= 11 is 0. The summed E-state index contributed by atoms with van der Waals surface area (Å²) in [5, 5.41) is 21.1. The van der Waals surface area contributed by atoms with Crippen molar-refractivity contribution in [3.63, 3.8) is 0 Å². The van der Waals surface area contributed by atoms with Crippen LogP contribution in [0.15, 0.2) is 27.0 Å². The number of aromatic nitrogens is 2. The topological polar surface area (TPSA) is 126 Å². The number of H-pyrrole nitrogens is 1. The summed E-state index contributed by atoms with van der Waals surface area (Å²) in [4.78, 5) is 24.8. The molecule has 0 aliphatic carbocycles. The van der Waals surface area contributed by atoms with Gasteiger partial charge in [-0.15, -0.1) is 0 Å². The van der Waals surface area contributed by atoms with Crippen LogP contribution < -0.4 is 11.2 Å². The van der Waals surface area contributed by atoms with Crippen LogP contribution in [-0.2, 0) is 9.47 Å². The summed E-state index contributed by atoms with van der Waals surface area (Å²) in [7, 11) is 1.35. The Labute approximate surface area is 106 Å². The van der Waals surface area contributed by atoms with Gasteiger partial charge in [-0.2, -0.15) is 0 Å². The minimum Gasteiger partial charge on any atom is -0.411 e. The zero-order chi connectivity index (χ0) is 14.0. The van der Waals surface area contributed by atoms with E-state index in [4.69, 9.17) is 19.8 Å². The Morgan fingerprint density at radius 2 is 2.32 bits per heavy atom. The van der Waals surface area contributed by atoms with Gasteiger partial charge in [-0.05, 0) is 0 Å². The Hall–Kier alpha value is -1.97. The van der Waals surface area contributed by atoms with Gasteiger partial charge in [0, 0.05) is 19.4 Å². The number of oxime groups is 1. The zero-order valence-electron chi connectivity index (χ0n) is 10.0. The van der Waals surface area contributed by atoms with Gasteiger partial charge in [0.05, 0.1) is 6.61 Å². The second-order valence-electron chi connectivity index (χ2n) is 3.90. The molecule has 1 aromatic heterocycles. The lowest BCUT2D eigenvalue weighted by Gasteiger charge is -2.18. The fraction of sp³-hybridized carbons (Fsp3) is 0.500. The maximum atomic E-state index is 11.7. The Morgan fingerprint density at radius 3 is 2.84 bits per heavy atom. The van der Waals surface area contributed by atoms with Crippen molar-refractivity contribution in [2.45, 2.75) is 18.4 Å². The normalized spacial score (nSPS) is 28.9. The maximum Gasteiger partial charge on any atom is 0.330 e. The van der Waals surface area contributed by atoms with E-state index in [9.17, 15) is 9.59 Å². The molecule has 0 unspecified atom stereocenters. The minimum atomic E-state index is -0.933. The molecule has 0 amide bonds.